The van der Waals surface area contributed by atoms with Gasteiger partial charge in [-0.2, -0.15) is 4.31 Å². The fraction of sp³-hybridized carbons (Fsp3) is 0.769. The molecular weight excluding hydrogens is 310 g/mol. The van der Waals surface area contributed by atoms with Crippen LogP contribution >= 0.6 is 11.3 Å². The number of morpholine rings is 1. The van der Waals surface area contributed by atoms with Crippen LogP contribution in [0.5, 0.6) is 0 Å². The standard InChI is InChI=1S/C13H21N3O3S2/c17-21(18,16-4-6-19-7-5-16)13-2-1-3-15(10-13)9-12-8-14-11-20-12/h8,11,13H,1-7,9-10H2/t13-/m0/s1. The van der Waals surface area contributed by atoms with Crippen molar-refractivity contribution in [2.24, 2.45) is 0 Å². The topological polar surface area (TPSA) is 62.7 Å². The summed E-state index contributed by atoms with van der Waals surface area (Å²) in [6, 6.07) is 0. The number of likely N-dealkylation sites (tertiary alicyclic amines) is 1. The summed E-state index contributed by atoms with van der Waals surface area (Å²) in [7, 11) is -3.20. The molecule has 0 bridgehead atoms. The van der Waals surface area contributed by atoms with E-state index < -0.39 is 10.0 Å². The third kappa shape index (κ3) is 3.62. The highest BCUT2D eigenvalue weighted by Crippen LogP contribution is 2.23. The first-order chi connectivity index (χ1) is 10.2. The lowest BCUT2D eigenvalue weighted by molar-refractivity contribution is 0.0719. The minimum atomic E-state index is -3.20. The highest BCUT2D eigenvalue weighted by atomic mass is 32.2. The minimum absolute atomic E-state index is 0.280. The molecule has 0 aliphatic carbocycles. The second kappa shape index (κ2) is 6.70. The Hall–Kier alpha value is -0.540. The Morgan fingerprint density at radius 3 is 2.86 bits per heavy atom. The molecule has 2 aliphatic rings. The first-order valence-corrected chi connectivity index (χ1v) is 9.71. The lowest BCUT2D eigenvalue weighted by Crippen LogP contribution is -2.50. The van der Waals surface area contributed by atoms with E-state index in [1.165, 1.54) is 4.88 Å². The van der Waals surface area contributed by atoms with Gasteiger partial charge in [0.2, 0.25) is 10.0 Å². The predicted molar refractivity (Wildman–Crippen MR) is 81.7 cm³/mol. The van der Waals surface area contributed by atoms with Crippen molar-refractivity contribution in [1.29, 1.82) is 0 Å². The molecule has 6 nitrogen and oxygen atoms in total. The predicted octanol–water partition coefficient (Wildman–Crippen LogP) is 0.769. The van der Waals surface area contributed by atoms with Gasteiger partial charge in [0.15, 0.2) is 0 Å². The first kappa shape index (κ1) is 15.4. The average Bonchev–Trinajstić information content (AvgIpc) is 3.01. The molecule has 3 rings (SSSR count). The van der Waals surface area contributed by atoms with Gasteiger partial charge in [-0.1, -0.05) is 0 Å². The molecule has 0 aromatic carbocycles. The van der Waals surface area contributed by atoms with E-state index in [4.69, 9.17) is 4.74 Å². The second-order valence-corrected chi connectivity index (χ2v) is 8.71. The molecule has 0 spiro atoms. The quantitative estimate of drug-likeness (QED) is 0.815. The normalized spacial score (nSPS) is 26.0. The monoisotopic (exact) mass is 331 g/mol. The van der Waals surface area contributed by atoms with E-state index in [1.807, 2.05) is 11.7 Å². The Kier molecular flexibility index (Phi) is 4.90. The Labute approximate surface area is 129 Å². The van der Waals surface area contributed by atoms with Gasteiger partial charge in [0, 0.05) is 37.3 Å². The van der Waals surface area contributed by atoms with Crippen LogP contribution < -0.4 is 0 Å². The van der Waals surface area contributed by atoms with Gasteiger partial charge in [0.1, 0.15) is 0 Å². The van der Waals surface area contributed by atoms with Crippen molar-refractivity contribution in [2.45, 2.75) is 24.6 Å². The van der Waals surface area contributed by atoms with E-state index in [0.717, 1.165) is 25.9 Å². The smallest absolute Gasteiger partial charge is 0.218 e. The van der Waals surface area contributed by atoms with Gasteiger partial charge in [-0.3, -0.25) is 9.88 Å². The molecule has 21 heavy (non-hydrogen) atoms. The van der Waals surface area contributed by atoms with Crippen LogP contribution in [0.25, 0.3) is 0 Å². The molecule has 1 atom stereocenters. The molecule has 0 saturated carbocycles. The van der Waals surface area contributed by atoms with Crippen molar-refractivity contribution in [3.8, 4) is 0 Å². The van der Waals surface area contributed by atoms with Crippen LogP contribution in [-0.4, -0.2) is 67.2 Å². The SMILES string of the molecule is O=S(=O)([C@H]1CCCN(Cc2cncs2)C1)N1CCOCC1. The van der Waals surface area contributed by atoms with Crippen molar-refractivity contribution in [3.05, 3.63) is 16.6 Å². The molecule has 8 heteroatoms. The largest absolute Gasteiger partial charge is 0.379 e. The molecule has 3 heterocycles. The average molecular weight is 331 g/mol. The van der Waals surface area contributed by atoms with Gasteiger partial charge in [-0.05, 0) is 19.4 Å². The van der Waals surface area contributed by atoms with Crippen molar-refractivity contribution >= 4 is 21.4 Å². The maximum absolute atomic E-state index is 12.7. The summed E-state index contributed by atoms with van der Waals surface area (Å²) in [5.74, 6) is 0. The number of sulfonamides is 1. The zero-order valence-electron chi connectivity index (χ0n) is 12.0. The number of thiazole rings is 1. The number of nitrogens with zero attached hydrogens (tertiary/aromatic N) is 3. The molecule has 0 N–H and O–H groups in total. The van der Waals surface area contributed by atoms with Gasteiger partial charge < -0.3 is 4.74 Å². The molecular formula is C13H21N3O3S2. The van der Waals surface area contributed by atoms with Crippen molar-refractivity contribution in [2.75, 3.05) is 39.4 Å². The molecule has 0 amide bonds. The summed E-state index contributed by atoms with van der Waals surface area (Å²) >= 11 is 1.62. The number of hydrogen-bond acceptors (Lipinski definition) is 6. The van der Waals surface area contributed by atoms with E-state index in [9.17, 15) is 8.42 Å². The Bertz CT molecular complexity index is 541. The minimum Gasteiger partial charge on any atom is -0.379 e. The molecule has 0 unspecified atom stereocenters. The van der Waals surface area contributed by atoms with Gasteiger partial charge in [0.05, 0.1) is 24.0 Å². The first-order valence-electron chi connectivity index (χ1n) is 7.33. The van der Waals surface area contributed by atoms with E-state index in [-0.39, 0.29) is 5.25 Å². The highest BCUT2D eigenvalue weighted by molar-refractivity contribution is 7.89. The van der Waals surface area contributed by atoms with Crippen LogP contribution in [0.4, 0.5) is 0 Å². The maximum atomic E-state index is 12.7. The molecule has 0 radical (unpaired) electrons. The Morgan fingerprint density at radius 2 is 2.14 bits per heavy atom. The molecule has 2 saturated heterocycles. The number of ether oxygens (including phenoxy) is 1. The molecule has 1 aromatic heterocycles. The molecule has 1 aromatic rings. The fourth-order valence-electron chi connectivity index (χ4n) is 2.95. The molecule has 118 valence electrons. The van der Waals surface area contributed by atoms with E-state index in [1.54, 1.807) is 15.6 Å². The number of piperidine rings is 1. The summed E-state index contributed by atoms with van der Waals surface area (Å²) in [6.45, 7) is 4.40. The van der Waals surface area contributed by atoms with Crippen molar-refractivity contribution < 1.29 is 13.2 Å². The number of rotatable bonds is 4. The van der Waals surface area contributed by atoms with Crippen LogP contribution in [-0.2, 0) is 21.3 Å². The summed E-state index contributed by atoms with van der Waals surface area (Å²) in [5, 5.41) is -0.280. The van der Waals surface area contributed by atoms with Crippen LogP contribution in [0.1, 0.15) is 17.7 Å². The van der Waals surface area contributed by atoms with E-state index >= 15 is 0 Å². The van der Waals surface area contributed by atoms with Gasteiger partial charge in [-0.25, -0.2) is 8.42 Å². The van der Waals surface area contributed by atoms with Crippen molar-refractivity contribution in [3.63, 3.8) is 0 Å². The van der Waals surface area contributed by atoms with Gasteiger partial charge >= 0.3 is 0 Å². The Morgan fingerprint density at radius 1 is 1.33 bits per heavy atom. The maximum Gasteiger partial charge on any atom is 0.218 e. The van der Waals surface area contributed by atoms with Crippen LogP contribution in [0.15, 0.2) is 11.7 Å². The summed E-state index contributed by atoms with van der Waals surface area (Å²) in [4.78, 5) is 7.51. The third-order valence-electron chi connectivity index (χ3n) is 4.08. The Balaban J connectivity index is 1.64. The van der Waals surface area contributed by atoms with Crippen LogP contribution in [0, 0.1) is 0 Å². The van der Waals surface area contributed by atoms with Crippen LogP contribution in [0.2, 0.25) is 0 Å². The zero-order valence-corrected chi connectivity index (χ0v) is 13.6. The van der Waals surface area contributed by atoms with E-state index in [2.05, 4.69) is 9.88 Å². The van der Waals surface area contributed by atoms with Gasteiger partial charge in [-0.15, -0.1) is 11.3 Å². The summed E-state index contributed by atoms with van der Waals surface area (Å²) in [6.07, 6.45) is 3.57. The van der Waals surface area contributed by atoms with Gasteiger partial charge in [0.25, 0.3) is 0 Å². The fourth-order valence-corrected chi connectivity index (χ4v) is 5.53. The second-order valence-electron chi connectivity index (χ2n) is 5.52. The summed E-state index contributed by atoms with van der Waals surface area (Å²) in [5.41, 5.74) is 1.82. The number of aromatic nitrogens is 1. The van der Waals surface area contributed by atoms with E-state index in [0.29, 0.717) is 32.8 Å². The van der Waals surface area contributed by atoms with Crippen molar-refractivity contribution in [1.82, 2.24) is 14.2 Å². The zero-order chi connectivity index (χ0) is 14.7. The third-order valence-corrected chi connectivity index (χ3v) is 7.15. The van der Waals surface area contributed by atoms with Crippen LogP contribution in [0.3, 0.4) is 0 Å². The lowest BCUT2D eigenvalue weighted by atomic mass is 10.1. The number of hydrogen-bond donors (Lipinski definition) is 0. The molecule has 2 aliphatic heterocycles. The highest BCUT2D eigenvalue weighted by Gasteiger charge is 2.36. The lowest BCUT2D eigenvalue weighted by Gasteiger charge is -2.36. The molecule has 2 fully saturated rings. The summed E-state index contributed by atoms with van der Waals surface area (Å²) < 4.78 is 32.3.